The van der Waals surface area contributed by atoms with E-state index < -0.39 is 0 Å². The van der Waals surface area contributed by atoms with Crippen LogP contribution in [0.3, 0.4) is 0 Å². The lowest BCUT2D eigenvalue weighted by Crippen LogP contribution is -2.43. The van der Waals surface area contributed by atoms with E-state index in [0.29, 0.717) is 13.0 Å². The van der Waals surface area contributed by atoms with Crippen LogP contribution >= 0.6 is 0 Å². The number of aliphatic hydroxyl groups excluding tert-OH is 2. The predicted octanol–water partition coefficient (Wildman–Crippen LogP) is 1.74. The first kappa shape index (κ1) is 17.0. The summed E-state index contributed by atoms with van der Waals surface area (Å²) in [6, 6.07) is 7.82. The number of para-hydroxylation sites is 1. The number of nitrogens with one attached hydrogen (secondary N) is 1. The van der Waals surface area contributed by atoms with Crippen LogP contribution < -0.4 is 10.1 Å². The molecule has 0 spiro atoms. The zero-order valence-corrected chi connectivity index (χ0v) is 12.6. The SMILES string of the molecule is CNC(C)(CO)CCCCOc1ccccc1CCO. The molecule has 1 unspecified atom stereocenters. The van der Waals surface area contributed by atoms with Gasteiger partial charge < -0.3 is 20.3 Å². The van der Waals surface area contributed by atoms with Crippen molar-refractivity contribution in [3.8, 4) is 5.75 Å². The molecule has 0 amide bonds. The normalized spacial score (nSPS) is 14.0. The van der Waals surface area contributed by atoms with Gasteiger partial charge in [0.15, 0.2) is 0 Å². The maximum Gasteiger partial charge on any atom is 0.122 e. The molecule has 0 aliphatic carbocycles. The zero-order valence-electron chi connectivity index (χ0n) is 12.6. The highest BCUT2D eigenvalue weighted by atomic mass is 16.5. The number of benzene rings is 1. The molecule has 0 aliphatic heterocycles. The van der Waals surface area contributed by atoms with E-state index in [1.54, 1.807) is 0 Å². The van der Waals surface area contributed by atoms with Crippen molar-refractivity contribution in [1.29, 1.82) is 0 Å². The Hall–Kier alpha value is -1.10. The van der Waals surface area contributed by atoms with E-state index in [1.165, 1.54) is 0 Å². The first-order valence-corrected chi connectivity index (χ1v) is 7.26. The molecule has 3 N–H and O–H groups in total. The number of aliphatic hydroxyl groups is 2. The molecule has 0 fully saturated rings. The van der Waals surface area contributed by atoms with Gasteiger partial charge in [-0.2, -0.15) is 0 Å². The van der Waals surface area contributed by atoms with Gasteiger partial charge in [0.2, 0.25) is 0 Å². The van der Waals surface area contributed by atoms with Gasteiger partial charge in [0, 0.05) is 12.1 Å². The Bertz CT molecular complexity index is 378. The molecule has 0 aliphatic rings. The summed E-state index contributed by atoms with van der Waals surface area (Å²) in [5, 5.41) is 21.5. The molecule has 4 heteroatoms. The van der Waals surface area contributed by atoms with Crippen LogP contribution in [0.1, 0.15) is 31.7 Å². The summed E-state index contributed by atoms with van der Waals surface area (Å²) in [6.07, 6.45) is 3.49. The van der Waals surface area contributed by atoms with Gasteiger partial charge in [-0.3, -0.25) is 0 Å². The van der Waals surface area contributed by atoms with Crippen LogP contribution in [0.4, 0.5) is 0 Å². The van der Waals surface area contributed by atoms with E-state index >= 15 is 0 Å². The van der Waals surface area contributed by atoms with Crippen LogP contribution in [-0.2, 0) is 6.42 Å². The molecule has 0 saturated carbocycles. The maximum absolute atomic E-state index is 9.30. The van der Waals surface area contributed by atoms with Crippen molar-refractivity contribution in [2.24, 2.45) is 0 Å². The second kappa shape index (κ2) is 8.95. The summed E-state index contributed by atoms with van der Waals surface area (Å²) >= 11 is 0. The third-order valence-corrected chi connectivity index (χ3v) is 3.69. The fraction of sp³-hybridized carbons (Fsp3) is 0.625. The van der Waals surface area contributed by atoms with Crippen molar-refractivity contribution in [3.05, 3.63) is 29.8 Å². The topological polar surface area (TPSA) is 61.7 Å². The highest BCUT2D eigenvalue weighted by Crippen LogP contribution is 2.19. The minimum absolute atomic E-state index is 0.136. The third kappa shape index (κ3) is 5.49. The number of likely N-dealkylation sites (N-methyl/N-ethyl adjacent to an activating group) is 1. The maximum atomic E-state index is 9.30. The van der Waals surface area contributed by atoms with Crippen LogP contribution in [0.15, 0.2) is 24.3 Å². The van der Waals surface area contributed by atoms with Crippen molar-refractivity contribution in [3.63, 3.8) is 0 Å². The first-order valence-electron chi connectivity index (χ1n) is 7.26. The standard InChI is InChI=1S/C16H27NO3/c1-16(13-19,17-2)10-5-6-12-20-15-8-4-3-7-14(15)9-11-18/h3-4,7-8,17-19H,5-6,9-13H2,1-2H3. The predicted molar refractivity (Wildman–Crippen MR) is 81.1 cm³/mol. The summed E-state index contributed by atoms with van der Waals surface area (Å²) in [6.45, 7) is 2.96. The van der Waals surface area contributed by atoms with Crippen molar-refractivity contribution in [2.75, 3.05) is 26.9 Å². The molecule has 1 aromatic carbocycles. The summed E-state index contributed by atoms with van der Waals surface area (Å²) in [7, 11) is 1.87. The highest BCUT2D eigenvalue weighted by molar-refractivity contribution is 5.33. The molecule has 114 valence electrons. The van der Waals surface area contributed by atoms with Crippen LogP contribution in [-0.4, -0.2) is 42.6 Å². The van der Waals surface area contributed by atoms with Gasteiger partial charge in [-0.25, -0.2) is 0 Å². The average Bonchev–Trinajstić information content (AvgIpc) is 2.48. The molecule has 0 radical (unpaired) electrons. The number of unbranched alkanes of at least 4 members (excludes halogenated alkanes) is 1. The number of ether oxygens (including phenoxy) is 1. The van der Waals surface area contributed by atoms with Crippen LogP contribution in [0.25, 0.3) is 0 Å². The van der Waals surface area contributed by atoms with Crippen LogP contribution in [0.5, 0.6) is 5.75 Å². The molecule has 0 heterocycles. The summed E-state index contributed by atoms with van der Waals surface area (Å²) in [5.41, 5.74) is 0.847. The molecular formula is C16H27NO3. The zero-order chi connectivity index (χ0) is 14.8. The Morgan fingerprint density at radius 1 is 1.20 bits per heavy atom. The average molecular weight is 281 g/mol. The monoisotopic (exact) mass is 281 g/mol. The van der Waals surface area contributed by atoms with Gasteiger partial charge in [0.05, 0.1) is 13.2 Å². The van der Waals surface area contributed by atoms with Gasteiger partial charge in [-0.05, 0) is 51.3 Å². The molecule has 4 nitrogen and oxygen atoms in total. The number of hydrogen-bond acceptors (Lipinski definition) is 4. The molecule has 20 heavy (non-hydrogen) atoms. The van der Waals surface area contributed by atoms with Crippen molar-refractivity contribution < 1.29 is 14.9 Å². The van der Waals surface area contributed by atoms with Crippen molar-refractivity contribution in [1.82, 2.24) is 5.32 Å². The lowest BCUT2D eigenvalue weighted by Gasteiger charge is -2.26. The Morgan fingerprint density at radius 3 is 2.60 bits per heavy atom. The van der Waals surface area contributed by atoms with Gasteiger partial charge in [0.25, 0.3) is 0 Å². The minimum atomic E-state index is -0.200. The van der Waals surface area contributed by atoms with Gasteiger partial charge in [-0.1, -0.05) is 18.2 Å². The van der Waals surface area contributed by atoms with E-state index in [2.05, 4.69) is 5.32 Å². The molecule has 1 atom stereocenters. The first-order chi connectivity index (χ1) is 9.65. The molecular weight excluding hydrogens is 254 g/mol. The Morgan fingerprint density at radius 2 is 1.95 bits per heavy atom. The van der Waals surface area contributed by atoms with Crippen LogP contribution in [0.2, 0.25) is 0 Å². The van der Waals surface area contributed by atoms with Crippen molar-refractivity contribution in [2.45, 2.75) is 38.1 Å². The summed E-state index contributed by atoms with van der Waals surface area (Å²) < 4.78 is 5.78. The minimum Gasteiger partial charge on any atom is -0.493 e. The van der Waals surface area contributed by atoms with Gasteiger partial charge in [-0.15, -0.1) is 0 Å². The second-order valence-electron chi connectivity index (χ2n) is 5.36. The van der Waals surface area contributed by atoms with E-state index in [4.69, 9.17) is 9.84 Å². The Kier molecular flexibility index (Phi) is 7.59. The van der Waals surface area contributed by atoms with Crippen LogP contribution in [0, 0.1) is 0 Å². The molecule has 0 bridgehead atoms. The summed E-state index contributed by atoms with van der Waals surface area (Å²) in [5.74, 6) is 0.861. The number of hydrogen-bond donors (Lipinski definition) is 3. The smallest absolute Gasteiger partial charge is 0.122 e. The Balaban J connectivity index is 2.31. The summed E-state index contributed by atoms with van der Waals surface area (Å²) in [4.78, 5) is 0. The van der Waals surface area contributed by atoms with E-state index in [9.17, 15) is 5.11 Å². The second-order valence-corrected chi connectivity index (χ2v) is 5.36. The molecule has 1 rings (SSSR count). The van der Waals surface area contributed by atoms with Gasteiger partial charge in [0.1, 0.15) is 5.75 Å². The molecule has 0 aromatic heterocycles. The van der Waals surface area contributed by atoms with Gasteiger partial charge >= 0.3 is 0 Å². The quantitative estimate of drug-likeness (QED) is 0.572. The van der Waals surface area contributed by atoms with E-state index in [-0.39, 0.29) is 18.8 Å². The largest absolute Gasteiger partial charge is 0.493 e. The fourth-order valence-corrected chi connectivity index (χ4v) is 2.05. The lowest BCUT2D eigenvalue weighted by molar-refractivity contribution is 0.168. The lowest BCUT2D eigenvalue weighted by atomic mass is 9.96. The van der Waals surface area contributed by atoms with Crippen molar-refractivity contribution >= 4 is 0 Å². The molecule has 1 aromatic rings. The Labute approximate surface area is 121 Å². The van der Waals surface area contributed by atoms with E-state index in [0.717, 1.165) is 30.6 Å². The molecule has 0 saturated heterocycles. The fourth-order valence-electron chi connectivity index (χ4n) is 2.05. The third-order valence-electron chi connectivity index (χ3n) is 3.69. The number of rotatable bonds is 10. The van der Waals surface area contributed by atoms with E-state index in [1.807, 2.05) is 38.2 Å². The highest BCUT2D eigenvalue weighted by Gasteiger charge is 2.19.